The molecule has 1 aliphatic heterocycles. The number of amides is 2. The van der Waals surface area contributed by atoms with E-state index < -0.39 is 12.3 Å². The van der Waals surface area contributed by atoms with Crippen LogP contribution in [-0.4, -0.2) is 23.0 Å². The van der Waals surface area contributed by atoms with E-state index in [4.69, 9.17) is 14.2 Å². The maximum atomic E-state index is 12.9. The highest BCUT2D eigenvalue weighted by molar-refractivity contribution is 7.99. The van der Waals surface area contributed by atoms with E-state index in [0.717, 1.165) is 27.2 Å². The maximum Gasteiger partial charge on any atom is 0.323 e. The highest BCUT2D eigenvalue weighted by Gasteiger charge is 2.33. The van der Waals surface area contributed by atoms with E-state index in [1.807, 2.05) is 78.9 Å². The number of urea groups is 1. The molecule has 3 atom stereocenters. The van der Waals surface area contributed by atoms with Crippen molar-refractivity contribution in [2.24, 2.45) is 0 Å². The molecule has 5 aromatic rings. The normalized spacial score (nSPS) is 17.6. The zero-order valence-corrected chi connectivity index (χ0v) is 25.6. The summed E-state index contributed by atoms with van der Waals surface area (Å²) in [7, 11) is 0. The fourth-order valence-corrected chi connectivity index (χ4v) is 5.95. The number of hydrogen-bond donors (Lipinski definition) is 3. The number of hydrogen-bond acceptors (Lipinski definition) is 7. The number of aromatic nitrogens is 1. The molecule has 0 saturated carbocycles. The topological polar surface area (TPSA) is 116 Å². The van der Waals surface area contributed by atoms with Gasteiger partial charge in [0.05, 0.1) is 18.8 Å². The molecule has 2 heterocycles. The average Bonchev–Trinajstić information content (AvgIpc) is 3.09. The van der Waals surface area contributed by atoms with Gasteiger partial charge in [-0.1, -0.05) is 66.4 Å². The van der Waals surface area contributed by atoms with Crippen molar-refractivity contribution in [1.29, 1.82) is 0 Å². The Morgan fingerprint density at radius 1 is 0.826 bits per heavy atom. The van der Waals surface area contributed by atoms with Crippen LogP contribution < -0.4 is 20.1 Å². The minimum atomic E-state index is -0.709. The van der Waals surface area contributed by atoms with Crippen LogP contribution in [-0.2, 0) is 16.1 Å². The van der Waals surface area contributed by atoms with E-state index in [0.29, 0.717) is 34.3 Å². The van der Waals surface area contributed by atoms with Gasteiger partial charge >= 0.3 is 6.03 Å². The molecule has 1 saturated heterocycles. The number of rotatable bonds is 10. The van der Waals surface area contributed by atoms with E-state index in [1.165, 1.54) is 18.0 Å². The van der Waals surface area contributed by atoms with Crippen LogP contribution in [0.3, 0.4) is 0 Å². The number of nitrogens with zero attached hydrogens (tertiary/aromatic N) is 1. The summed E-state index contributed by atoms with van der Waals surface area (Å²) in [5.41, 5.74) is 3.71. The number of anilines is 2. The number of aliphatic hydroxyl groups is 1. The lowest BCUT2D eigenvalue weighted by Crippen LogP contribution is -2.32. The van der Waals surface area contributed by atoms with Gasteiger partial charge in [0.2, 0.25) is 0 Å². The van der Waals surface area contributed by atoms with Gasteiger partial charge in [-0.3, -0.25) is 0 Å². The fraction of sp³-hybridized carbons (Fsp3) is 0.167. The van der Waals surface area contributed by atoms with Crippen molar-refractivity contribution in [3.8, 4) is 11.5 Å². The van der Waals surface area contributed by atoms with Crippen molar-refractivity contribution in [1.82, 2.24) is 0 Å². The molecule has 234 valence electrons. The summed E-state index contributed by atoms with van der Waals surface area (Å²) in [6, 6.07) is 36.5. The van der Waals surface area contributed by atoms with Gasteiger partial charge in [-0.05, 0) is 65.7 Å². The molecule has 2 amide bonds. The molecule has 1 fully saturated rings. The SMILES string of the molecule is O=C(Nc1ccc(Oc2ccccc2)cc1)Nc1cccc(C2OC(CSc3cccc[n+]3[O-])CC(c3ccc(CO)cc3)O2)c1. The molecular formula is C36H33N3O6S. The van der Waals surface area contributed by atoms with Crippen LogP contribution in [0.15, 0.2) is 133 Å². The monoisotopic (exact) mass is 635 g/mol. The molecule has 1 aromatic heterocycles. The minimum absolute atomic E-state index is 0.0373. The molecule has 0 aliphatic carbocycles. The Labute approximate surface area is 271 Å². The van der Waals surface area contributed by atoms with Gasteiger partial charge in [0.25, 0.3) is 5.03 Å². The molecule has 0 bridgehead atoms. The Morgan fingerprint density at radius 2 is 1.57 bits per heavy atom. The molecule has 1 aliphatic rings. The van der Waals surface area contributed by atoms with Gasteiger partial charge < -0.3 is 35.2 Å². The lowest BCUT2D eigenvalue weighted by atomic mass is 10.0. The largest absolute Gasteiger partial charge is 0.618 e. The molecule has 0 radical (unpaired) electrons. The zero-order valence-electron chi connectivity index (χ0n) is 24.8. The third kappa shape index (κ3) is 8.23. The lowest BCUT2D eigenvalue weighted by molar-refractivity contribution is -0.645. The number of aliphatic hydroxyl groups excluding tert-OH is 1. The van der Waals surface area contributed by atoms with E-state index >= 15 is 0 Å². The Hall–Kier alpha value is -4.87. The van der Waals surface area contributed by atoms with Crippen molar-refractivity contribution in [2.75, 3.05) is 16.4 Å². The van der Waals surface area contributed by atoms with Crippen molar-refractivity contribution >= 4 is 29.2 Å². The highest BCUT2D eigenvalue weighted by Crippen LogP contribution is 2.39. The quantitative estimate of drug-likeness (QED) is 0.0823. The summed E-state index contributed by atoms with van der Waals surface area (Å²) in [6.45, 7) is -0.0373. The molecule has 3 N–H and O–H groups in total. The first kappa shape index (κ1) is 31.1. The Bertz CT molecular complexity index is 1740. The number of pyridine rings is 1. The predicted molar refractivity (Wildman–Crippen MR) is 177 cm³/mol. The van der Waals surface area contributed by atoms with Crippen molar-refractivity contribution in [3.05, 3.63) is 149 Å². The van der Waals surface area contributed by atoms with Crippen molar-refractivity contribution in [2.45, 2.75) is 36.6 Å². The highest BCUT2D eigenvalue weighted by atomic mass is 32.2. The molecule has 9 nitrogen and oxygen atoms in total. The number of ether oxygens (including phenoxy) is 3. The first-order valence-corrected chi connectivity index (χ1v) is 15.8. The summed E-state index contributed by atoms with van der Waals surface area (Å²) in [4.78, 5) is 12.9. The van der Waals surface area contributed by atoms with Crippen LogP contribution in [0.25, 0.3) is 0 Å². The van der Waals surface area contributed by atoms with Gasteiger partial charge in [-0.25, -0.2) is 4.79 Å². The Balaban J connectivity index is 1.12. The third-order valence-electron chi connectivity index (χ3n) is 7.33. The van der Waals surface area contributed by atoms with Crippen LogP contribution in [0.2, 0.25) is 0 Å². The van der Waals surface area contributed by atoms with Gasteiger partial charge in [-0.2, -0.15) is 4.73 Å². The minimum Gasteiger partial charge on any atom is -0.618 e. The standard InChI is InChI=1S/C36H33N3O6S/c40-23-25-12-14-26(15-13-25)33-22-32(24-46-34-11-4-5-20-39(34)42)44-35(45-33)27-7-6-8-29(21-27)38-36(41)37-28-16-18-31(19-17-28)43-30-9-2-1-3-10-30/h1-21,32-33,35,40H,22-24H2,(H2,37,38,41). The number of carbonyl (C=O) groups is 1. The molecular weight excluding hydrogens is 602 g/mol. The number of thioether (sulfide) groups is 1. The summed E-state index contributed by atoms with van der Waals surface area (Å²) in [5, 5.41) is 28.0. The van der Waals surface area contributed by atoms with Gasteiger partial charge in [0.1, 0.15) is 11.5 Å². The molecule has 6 rings (SSSR count). The number of para-hydroxylation sites is 1. The second-order valence-electron chi connectivity index (χ2n) is 10.7. The average molecular weight is 636 g/mol. The zero-order chi connectivity index (χ0) is 31.7. The summed E-state index contributed by atoms with van der Waals surface area (Å²) >= 11 is 1.43. The predicted octanol–water partition coefficient (Wildman–Crippen LogP) is 7.59. The second kappa shape index (κ2) is 14.9. The first-order chi connectivity index (χ1) is 22.5. The number of benzene rings is 4. The van der Waals surface area contributed by atoms with Crippen molar-refractivity contribution in [3.63, 3.8) is 0 Å². The second-order valence-corrected chi connectivity index (χ2v) is 11.7. The van der Waals surface area contributed by atoms with Gasteiger partial charge in [0.15, 0.2) is 12.5 Å². The van der Waals surface area contributed by atoms with Crippen LogP contribution >= 0.6 is 11.8 Å². The van der Waals surface area contributed by atoms with Gasteiger partial charge in [0, 0.05) is 41.2 Å². The maximum absolute atomic E-state index is 12.9. The Morgan fingerprint density at radius 3 is 2.33 bits per heavy atom. The number of nitrogens with one attached hydrogen (secondary N) is 2. The molecule has 0 spiro atoms. The van der Waals surface area contributed by atoms with E-state index in [-0.39, 0.29) is 18.8 Å². The van der Waals surface area contributed by atoms with E-state index in [2.05, 4.69) is 10.6 Å². The summed E-state index contributed by atoms with van der Waals surface area (Å²) < 4.78 is 19.5. The van der Waals surface area contributed by atoms with Crippen LogP contribution in [0.5, 0.6) is 11.5 Å². The van der Waals surface area contributed by atoms with Crippen LogP contribution in [0, 0.1) is 5.21 Å². The van der Waals surface area contributed by atoms with E-state index in [1.54, 1.807) is 42.5 Å². The fourth-order valence-electron chi connectivity index (χ4n) is 5.01. The molecule has 10 heteroatoms. The molecule has 3 unspecified atom stereocenters. The molecule has 46 heavy (non-hydrogen) atoms. The summed E-state index contributed by atoms with van der Waals surface area (Å²) in [6.07, 6.45) is 0.856. The van der Waals surface area contributed by atoms with Crippen LogP contribution in [0.4, 0.5) is 16.2 Å². The van der Waals surface area contributed by atoms with E-state index in [9.17, 15) is 15.1 Å². The number of carbonyl (C=O) groups excluding carboxylic acids is 1. The molecule has 4 aromatic carbocycles. The smallest absolute Gasteiger partial charge is 0.323 e. The lowest BCUT2D eigenvalue weighted by Gasteiger charge is -2.36. The van der Waals surface area contributed by atoms with Gasteiger partial charge in [-0.15, -0.1) is 0 Å². The third-order valence-corrected chi connectivity index (χ3v) is 8.48. The van der Waals surface area contributed by atoms with Crippen molar-refractivity contribution < 1.29 is 28.8 Å². The first-order valence-electron chi connectivity index (χ1n) is 14.8. The van der Waals surface area contributed by atoms with Crippen LogP contribution in [0.1, 0.15) is 35.5 Å². The summed E-state index contributed by atoms with van der Waals surface area (Å²) in [5.74, 6) is 1.94. The Kier molecular flexibility index (Phi) is 10.1.